The highest BCUT2D eigenvalue weighted by molar-refractivity contribution is 7.89. The van der Waals surface area contributed by atoms with E-state index in [0.29, 0.717) is 30.8 Å². The van der Waals surface area contributed by atoms with Gasteiger partial charge < -0.3 is 5.32 Å². The van der Waals surface area contributed by atoms with Gasteiger partial charge in [-0.3, -0.25) is 14.5 Å². The maximum Gasteiger partial charge on any atom is 0.252 e. The summed E-state index contributed by atoms with van der Waals surface area (Å²) in [6, 6.07) is 13.3. The number of ketones is 1. The van der Waals surface area contributed by atoms with Crippen LogP contribution >= 0.6 is 0 Å². The molecule has 190 valence electrons. The van der Waals surface area contributed by atoms with E-state index in [1.807, 2.05) is 0 Å². The third-order valence-electron chi connectivity index (χ3n) is 7.39. The van der Waals surface area contributed by atoms with E-state index >= 15 is 0 Å². The number of sulfonamides is 1. The molecule has 1 fully saturated rings. The molecule has 0 aromatic heterocycles. The summed E-state index contributed by atoms with van der Waals surface area (Å²) < 4.78 is 27.9. The third kappa shape index (κ3) is 5.31. The Hall–Kier alpha value is -2.81. The number of amides is 1. The maximum atomic E-state index is 13.2. The SMILES string of the molecule is O=C1C=C(C(=O)NCCCN2CCc3ccccc3C2)c2cc(S(=O)(=O)N3CCCCC3)ccc2C1. The Bertz CT molecular complexity index is 1300. The number of nitrogens with zero attached hydrogens (tertiary/aromatic N) is 2. The quantitative estimate of drug-likeness (QED) is 0.583. The number of carbonyl (C=O) groups is 2. The van der Waals surface area contributed by atoms with Crippen molar-refractivity contribution in [1.29, 1.82) is 0 Å². The van der Waals surface area contributed by atoms with Gasteiger partial charge in [-0.2, -0.15) is 4.31 Å². The van der Waals surface area contributed by atoms with Crippen molar-refractivity contribution in [2.75, 3.05) is 32.7 Å². The van der Waals surface area contributed by atoms with Crippen LogP contribution in [0.25, 0.3) is 5.57 Å². The van der Waals surface area contributed by atoms with E-state index < -0.39 is 10.0 Å². The van der Waals surface area contributed by atoms with Crippen molar-refractivity contribution >= 4 is 27.3 Å². The normalized spacial score (nSPS) is 18.8. The van der Waals surface area contributed by atoms with Gasteiger partial charge in [0.25, 0.3) is 5.91 Å². The Morgan fingerprint density at radius 1 is 0.944 bits per heavy atom. The molecule has 2 heterocycles. The van der Waals surface area contributed by atoms with Crippen LogP contribution in [-0.2, 0) is 39.0 Å². The first-order chi connectivity index (χ1) is 17.4. The van der Waals surface area contributed by atoms with Crippen molar-refractivity contribution in [3.63, 3.8) is 0 Å². The molecule has 0 unspecified atom stereocenters. The molecule has 0 saturated carbocycles. The summed E-state index contributed by atoms with van der Waals surface area (Å²) in [7, 11) is -3.63. The third-order valence-corrected chi connectivity index (χ3v) is 9.28. The Balaban J connectivity index is 1.23. The smallest absolute Gasteiger partial charge is 0.252 e. The van der Waals surface area contributed by atoms with Crippen LogP contribution in [0.3, 0.4) is 0 Å². The Morgan fingerprint density at radius 2 is 1.72 bits per heavy atom. The van der Waals surface area contributed by atoms with Crippen LogP contribution in [0, 0.1) is 0 Å². The molecule has 3 aliphatic rings. The van der Waals surface area contributed by atoms with E-state index in [0.717, 1.165) is 51.7 Å². The van der Waals surface area contributed by atoms with Gasteiger partial charge in [0.15, 0.2) is 5.78 Å². The number of hydrogen-bond acceptors (Lipinski definition) is 5. The zero-order chi connectivity index (χ0) is 25.1. The van der Waals surface area contributed by atoms with Gasteiger partial charge in [-0.1, -0.05) is 36.8 Å². The number of rotatable bonds is 7. The van der Waals surface area contributed by atoms with Crippen molar-refractivity contribution < 1.29 is 18.0 Å². The van der Waals surface area contributed by atoms with Gasteiger partial charge in [0.1, 0.15) is 0 Å². The fourth-order valence-electron chi connectivity index (χ4n) is 5.39. The number of piperidine rings is 1. The van der Waals surface area contributed by atoms with Crippen molar-refractivity contribution in [3.05, 3.63) is 70.8 Å². The molecule has 2 aromatic carbocycles. The first-order valence-corrected chi connectivity index (χ1v) is 14.3. The summed E-state index contributed by atoms with van der Waals surface area (Å²) in [5.74, 6) is -0.480. The van der Waals surface area contributed by atoms with Gasteiger partial charge in [-0.05, 0) is 66.1 Å². The number of fused-ring (bicyclic) bond motifs is 2. The summed E-state index contributed by atoms with van der Waals surface area (Å²) >= 11 is 0. The minimum absolute atomic E-state index is 0.147. The van der Waals surface area contributed by atoms with Gasteiger partial charge in [-0.15, -0.1) is 0 Å². The summed E-state index contributed by atoms with van der Waals surface area (Å²) in [6.07, 6.45) is 6.12. The zero-order valence-corrected chi connectivity index (χ0v) is 21.4. The van der Waals surface area contributed by atoms with E-state index in [9.17, 15) is 18.0 Å². The van der Waals surface area contributed by atoms with Gasteiger partial charge in [-0.25, -0.2) is 8.42 Å². The van der Waals surface area contributed by atoms with E-state index in [-0.39, 0.29) is 28.6 Å². The number of benzene rings is 2. The van der Waals surface area contributed by atoms with Gasteiger partial charge in [0.05, 0.1) is 10.5 Å². The van der Waals surface area contributed by atoms with Crippen LogP contribution in [0.2, 0.25) is 0 Å². The first-order valence-electron chi connectivity index (χ1n) is 12.9. The highest BCUT2D eigenvalue weighted by Gasteiger charge is 2.29. The van der Waals surface area contributed by atoms with Crippen molar-refractivity contribution in [3.8, 4) is 0 Å². The van der Waals surface area contributed by atoms with E-state index in [4.69, 9.17) is 0 Å². The second-order valence-electron chi connectivity index (χ2n) is 9.89. The molecule has 2 aliphatic heterocycles. The molecule has 36 heavy (non-hydrogen) atoms. The lowest BCUT2D eigenvalue weighted by atomic mass is 9.89. The van der Waals surface area contributed by atoms with E-state index in [2.05, 4.69) is 34.5 Å². The fourth-order valence-corrected chi connectivity index (χ4v) is 6.93. The minimum atomic E-state index is -3.63. The molecule has 7 nitrogen and oxygen atoms in total. The Morgan fingerprint density at radius 3 is 2.53 bits per heavy atom. The molecule has 1 amide bonds. The van der Waals surface area contributed by atoms with Crippen LogP contribution in [0.5, 0.6) is 0 Å². The molecular formula is C28H33N3O4S. The monoisotopic (exact) mass is 507 g/mol. The van der Waals surface area contributed by atoms with Gasteiger partial charge in [0, 0.05) is 45.7 Å². The molecule has 1 N–H and O–H groups in total. The number of nitrogens with one attached hydrogen (secondary N) is 1. The molecule has 2 aromatic rings. The fraction of sp³-hybridized carbons (Fsp3) is 0.429. The lowest BCUT2D eigenvalue weighted by molar-refractivity contribution is -0.117. The Labute approximate surface area is 213 Å². The highest BCUT2D eigenvalue weighted by atomic mass is 32.2. The molecular weight excluding hydrogens is 474 g/mol. The van der Waals surface area contributed by atoms with Crippen LogP contribution in [0.4, 0.5) is 0 Å². The minimum Gasteiger partial charge on any atom is -0.352 e. The molecule has 8 heteroatoms. The first kappa shape index (κ1) is 24.9. The Kier molecular flexibility index (Phi) is 7.37. The number of carbonyl (C=O) groups excluding carboxylic acids is 2. The second-order valence-corrected chi connectivity index (χ2v) is 11.8. The maximum absolute atomic E-state index is 13.2. The van der Waals surface area contributed by atoms with Gasteiger partial charge in [0.2, 0.25) is 10.0 Å². The van der Waals surface area contributed by atoms with Crippen molar-refractivity contribution in [2.24, 2.45) is 0 Å². The van der Waals surface area contributed by atoms with Crippen LogP contribution in [-0.4, -0.2) is 62.0 Å². The van der Waals surface area contributed by atoms with Gasteiger partial charge >= 0.3 is 0 Å². The molecule has 5 rings (SSSR count). The summed E-state index contributed by atoms with van der Waals surface area (Å²) in [6.45, 7) is 4.33. The molecule has 0 spiro atoms. The second kappa shape index (κ2) is 10.7. The molecule has 1 saturated heterocycles. The predicted octanol–water partition coefficient (Wildman–Crippen LogP) is 2.93. The topological polar surface area (TPSA) is 86.8 Å². The molecule has 0 bridgehead atoms. The summed E-state index contributed by atoms with van der Waals surface area (Å²) in [5.41, 5.74) is 4.26. The predicted molar refractivity (Wildman–Crippen MR) is 139 cm³/mol. The average molecular weight is 508 g/mol. The summed E-state index contributed by atoms with van der Waals surface area (Å²) in [5, 5.41) is 2.95. The largest absolute Gasteiger partial charge is 0.352 e. The molecule has 0 radical (unpaired) electrons. The lowest BCUT2D eigenvalue weighted by Crippen LogP contribution is -2.36. The number of allylic oxidation sites excluding steroid dienone is 1. The van der Waals surface area contributed by atoms with Crippen LogP contribution in [0.15, 0.2) is 53.4 Å². The standard InChI is InChI=1S/C28H33N3O4S/c32-24-17-22-9-10-25(36(34,35)31-14-4-1-5-15-31)19-26(22)27(18-24)28(33)29-12-6-13-30-16-11-21-7-2-3-8-23(21)20-30/h2-3,7-10,18-19H,1,4-6,11-17,20H2,(H,29,33). The van der Waals surface area contributed by atoms with Crippen molar-refractivity contribution in [1.82, 2.24) is 14.5 Å². The van der Waals surface area contributed by atoms with Crippen LogP contribution in [0.1, 0.15) is 47.9 Å². The van der Waals surface area contributed by atoms with E-state index in [1.165, 1.54) is 21.5 Å². The molecule has 0 atom stereocenters. The zero-order valence-electron chi connectivity index (χ0n) is 20.5. The van der Waals surface area contributed by atoms with Crippen molar-refractivity contribution in [2.45, 2.75) is 50.0 Å². The highest BCUT2D eigenvalue weighted by Crippen LogP contribution is 2.30. The summed E-state index contributed by atoms with van der Waals surface area (Å²) in [4.78, 5) is 28.0. The lowest BCUT2D eigenvalue weighted by Gasteiger charge is -2.28. The van der Waals surface area contributed by atoms with Crippen LogP contribution < -0.4 is 5.32 Å². The van der Waals surface area contributed by atoms with E-state index in [1.54, 1.807) is 18.2 Å². The number of hydrogen-bond donors (Lipinski definition) is 1. The average Bonchev–Trinajstić information content (AvgIpc) is 2.90. The molecule has 1 aliphatic carbocycles.